The summed E-state index contributed by atoms with van der Waals surface area (Å²) in [5.41, 5.74) is 6.57. The van der Waals surface area contributed by atoms with E-state index in [1.807, 2.05) is 57.9 Å². The predicted octanol–water partition coefficient (Wildman–Crippen LogP) is 4.47. The number of carbonyl (C=O) groups is 1. The molecule has 0 radical (unpaired) electrons. The second-order valence-corrected chi connectivity index (χ2v) is 10.4. The molecule has 6 rings (SSSR count). The summed E-state index contributed by atoms with van der Waals surface area (Å²) in [6.45, 7) is 4.58. The molecule has 9 nitrogen and oxygen atoms in total. The van der Waals surface area contributed by atoms with E-state index in [9.17, 15) is 4.79 Å². The zero-order valence-corrected chi connectivity index (χ0v) is 21.9. The van der Waals surface area contributed by atoms with Gasteiger partial charge >= 0.3 is 0 Å². The minimum atomic E-state index is -0.286. The van der Waals surface area contributed by atoms with Gasteiger partial charge in [-0.05, 0) is 42.7 Å². The Kier molecular flexibility index (Phi) is 7.00. The van der Waals surface area contributed by atoms with E-state index in [1.165, 1.54) is 16.9 Å². The summed E-state index contributed by atoms with van der Waals surface area (Å²) in [4.78, 5) is 22.5. The Morgan fingerprint density at radius 2 is 1.97 bits per heavy atom. The first-order chi connectivity index (χ1) is 18.6. The van der Waals surface area contributed by atoms with E-state index < -0.39 is 0 Å². The quantitative estimate of drug-likeness (QED) is 0.377. The number of hydrogen-bond acceptors (Lipinski definition) is 9. The van der Waals surface area contributed by atoms with Gasteiger partial charge in [-0.2, -0.15) is 0 Å². The van der Waals surface area contributed by atoms with Crippen LogP contribution in [0.2, 0.25) is 0 Å². The SMILES string of the molecule is Cc1nnc(-c2cccc(N3C=CC(N(C(=O)c4nccs4)C4CCN(Cc5ccccc5)CC4)N3)c2)o1. The minimum absolute atomic E-state index is 0.0411. The van der Waals surface area contributed by atoms with E-state index >= 15 is 0 Å². The summed E-state index contributed by atoms with van der Waals surface area (Å²) < 4.78 is 5.60. The zero-order chi connectivity index (χ0) is 25.9. The number of anilines is 1. The number of carbonyl (C=O) groups excluding carboxylic acids is 1. The average Bonchev–Trinajstić information content (AvgIpc) is 3.73. The lowest BCUT2D eigenvalue weighted by Crippen LogP contribution is -2.56. The third-order valence-electron chi connectivity index (χ3n) is 6.94. The third-order valence-corrected chi connectivity index (χ3v) is 7.70. The van der Waals surface area contributed by atoms with Crippen LogP contribution in [0.3, 0.4) is 0 Å². The van der Waals surface area contributed by atoms with Crippen molar-refractivity contribution in [1.29, 1.82) is 0 Å². The maximum absolute atomic E-state index is 13.7. The molecule has 0 aliphatic carbocycles. The number of hydrazine groups is 1. The van der Waals surface area contributed by atoms with Gasteiger partial charge in [-0.3, -0.25) is 14.7 Å². The van der Waals surface area contributed by atoms with Crippen molar-refractivity contribution < 1.29 is 9.21 Å². The fraction of sp³-hybridized carbons (Fsp3) is 0.286. The van der Waals surface area contributed by atoms with Gasteiger partial charge < -0.3 is 9.32 Å². The van der Waals surface area contributed by atoms with Crippen molar-refractivity contribution in [1.82, 2.24) is 30.4 Å². The highest BCUT2D eigenvalue weighted by Gasteiger charge is 2.36. The number of nitrogens with zero attached hydrogens (tertiary/aromatic N) is 6. The summed E-state index contributed by atoms with van der Waals surface area (Å²) in [6.07, 6.45) is 7.21. The van der Waals surface area contributed by atoms with E-state index in [0.717, 1.165) is 43.7 Å². The van der Waals surface area contributed by atoms with Crippen LogP contribution in [0.5, 0.6) is 0 Å². The number of amides is 1. The van der Waals surface area contributed by atoms with Crippen molar-refractivity contribution in [3.8, 4) is 11.5 Å². The molecule has 194 valence electrons. The number of aryl methyl sites for hydroxylation is 1. The average molecular weight is 528 g/mol. The Hall–Kier alpha value is -3.86. The molecular weight excluding hydrogens is 498 g/mol. The molecular formula is C28H29N7O2S. The summed E-state index contributed by atoms with van der Waals surface area (Å²) in [6, 6.07) is 18.5. The van der Waals surface area contributed by atoms with Crippen LogP contribution in [0.15, 0.2) is 82.9 Å². The molecule has 2 aliphatic rings. The Morgan fingerprint density at radius 1 is 1.13 bits per heavy atom. The van der Waals surface area contributed by atoms with Crippen molar-refractivity contribution in [2.24, 2.45) is 0 Å². The highest BCUT2D eigenvalue weighted by molar-refractivity contribution is 7.11. The number of hydrogen-bond donors (Lipinski definition) is 1. The molecule has 1 unspecified atom stereocenters. The number of rotatable bonds is 7. The summed E-state index contributed by atoms with van der Waals surface area (Å²) in [5, 5.41) is 12.4. The molecule has 1 saturated heterocycles. The molecule has 4 aromatic rings. The fourth-order valence-corrected chi connectivity index (χ4v) is 5.65. The number of benzene rings is 2. The van der Waals surface area contributed by atoms with E-state index in [4.69, 9.17) is 4.42 Å². The monoisotopic (exact) mass is 527 g/mol. The molecule has 0 saturated carbocycles. The van der Waals surface area contributed by atoms with E-state index in [-0.39, 0.29) is 18.1 Å². The van der Waals surface area contributed by atoms with Crippen LogP contribution in [-0.4, -0.2) is 56.2 Å². The second-order valence-electron chi connectivity index (χ2n) is 9.50. The Bertz CT molecular complexity index is 1400. The third kappa shape index (κ3) is 5.24. The van der Waals surface area contributed by atoms with Gasteiger partial charge in [-0.15, -0.1) is 21.5 Å². The lowest BCUT2D eigenvalue weighted by Gasteiger charge is -2.41. The molecule has 38 heavy (non-hydrogen) atoms. The normalized spacial score (nSPS) is 18.2. The van der Waals surface area contributed by atoms with E-state index in [2.05, 4.69) is 49.8 Å². The van der Waals surface area contributed by atoms with Crippen LogP contribution >= 0.6 is 11.3 Å². The molecule has 1 fully saturated rings. The smallest absolute Gasteiger partial charge is 0.284 e. The topological polar surface area (TPSA) is 90.6 Å². The Morgan fingerprint density at radius 3 is 2.71 bits per heavy atom. The molecule has 1 N–H and O–H groups in total. The van der Waals surface area contributed by atoms with Crippen molar-refractivity contribution in [3.05, 3.63) is 94.9 Å². The van der Waals surface area contributed by atoms with Gasteiger partial charge in [0, 0.05) is 55.9 Å². The number of aromatic nitrogens is 3. The fourth-order valence-electron chi connectivity index (χ4n) is 5.07. The number of nitrogens with one attached hydrogen (secondary N) is 1. The van der Waals surface area contributed by atoms with Gasteiger partial charge in [0.25, 0.3) is 5.91 Å². The van der Waals surface area contributed by atoms with Crippen molar-refractivity contribution >= 4 is 22.9 Å². The van der Waals surface area contributed by atoms with E-state index in [1.54, 1.807) is 13.1 Å². The van der Waals surface area contributed by atoms with Crippen molar-refractivity contribution in [2.75, 3.05) is 18.1 Å². The minimum Gasteiger partial charge on any atom is -0.421 e. The highest BCUT2D eigenvalue weighted by atomic mass is 32.1. The molecule has 2 aromatic carbocycles. The van der Waals surface area contributed by atoms with Crippen LogP contribution in [0, 0.1) is 6.92 Å². The number of piperidine rings is 1. The predicted molar refractivity (Wildman–Crippen MR) is 146 cm³/mol. The van der Waals surface area contributed by atoms with E-state index in [0.29, 0.717) is 16.8 Å². The first-order valence-corrected chi connectivity index (χ1v) is 13.6. The van der Waals surface area contributed by atoms with Crippen LogP contribution in [-0.2, 0) is 6.54 Å². The Labute approximate surface area is 225 Å². The molecule has 2 aromatic heterocycles. The summed E-state index contributed by atoms with van der Waals surface area (Å²) in [5.74, 6) is 0.961. The maximum Gasteiger partial charge on any atom is 0.284 e. The molecule has 4 heterocycles. The lowest BCUT2D eigenvalue weighted by molar-refractivity contribution is 0.0458. The standard InChI is InChI=1S/C28H29N7O2S/c1-20-30-31-26(37-20)22-8-5-9-24(18-22)34-16-12-25(32-34)35(28(36)27-29-13-17-38-27)23-10-14-33(15-11-23)19-21-6-3-2-4-7-21/h2-9,12-13,16-18,23,25,32H,10-11,14-15,19H2,1H3. The van der Waals surface area contributed by atoms with Crippen molar-refractivity contribution in [2.45, 2.75) is 38.5 Å². The van der Waals surface area contributed by atoms with Gasteiger partial charge in [0.2, 0.25) is 11.8 Å². The molecule has 10 heteroatoms. The van der Waals surface area contributed by atoms with Crippen LogP contribution in [0.1, 0.15) is 34.1 Å². The summed E-state index contributed by atoms with van der Waals surface area (Å²) >= 11 is 1.38. The molecule has 2 aliphatic heterocycles. The zero-order valence-electron chi connectivity index (χ0n) is 21.1. The first-order valence-electron chi connectivity index (χ1n) is 12.8. The summed E-state index contributed by atoms with van der Waals surface area (Å²) in [7, 11) is 0. The van der Waals surface area contributed by atoms with Gasteiger partial charge in [0.15, 0.2) is 5.01 Å². The lowest BCUT2D eigenvalue weighted by atomic mass is 10.0. The first kappa shape index (κ1) is 24.5. The largest absolute Gasteiger partial charge is 0.421 e. The number of likely N-dealkylation sites (tertiary alicyclic amines) is 1. The van der Waals surface area contributed by atoms with Gasteiger partial charge in [-0.25, -0.2) is 10.4 Å². The van der Waals surface area contributed by atoms with Gasteiger partial charge in [0.1, 0.15) is 6.17 Å². The number of thiazole rings is 1. The second kappa shape index (κ2) is 10.9. The Balaban J connectivity index is 1.17. The van der Waals surface area contributed by atoms with Crippen molar-refractivity contribution in [3.63, 3.8) is 0 Å². The molecule has 1 atom stereocenters. The molecule has 0 bridgehead atoms. The molecule has 0 spiro atoms. The van der Waals surface area contributed by atoms with Crippen LogP contribution in [0.4, 0.5) is 5.69 Å². The van der Waals surface area contributed by atoms with Gasteiger partial charge in [0.05, 0.1) is 5.69 Å². The highest BCUT2D eigenvalue weighted by Crippen LogP contribution is 2.28. The van der Waals surface area contributed by atoms with Gasteiger partial charge in [-0.1, -0.05) is 36.4 Å². The maximum atomic E-state index is 13.7. The van der Waals surface area contributed by atoms with Crippen LogP contribution < -0.4 is 10.4 Å². The molecule has 1 amide bonds. The van der Waals surface area contributed by atoms with Crippen LogP contribution in [0.25, 0.3) is 11.5 Å².